The molecule has 1 aromatic heterocycles. The fourth-order valence-corrected chi connectivity index (χ4v) is 1.81. The van der Waals surface area contributed by atoms with Crippen LogP contribution in [0.4, 0.5) is 0 Å². The van der Waals surface area contributed by atoms with E-state index in [1.54, 1.807) is 0 Å². The number of aryl methyl sites for hydroxylation is 2. The summed E-state index contributed by atoms with van der Waals surface area (Å²) in [4.78, 5) is 4.54. The Kier molecular flexibility index (Phi) is 2.25. The third kappa shape index (κ3) is 1.30. The lowest BCUT2D eigenvalue weighted by Crippen LogP contribution is -2.10. The zero-order valence-corrected chi connectivity index (χ0v) is 8.62. The van der Waals surface area contributed by atoms with E-state index in [2.05, 4.69) is 34.7 Å². The number of benzene rings is 1. The molecule has 0 atom stereocenters. The normalized spacial score (nSPS) is 11.1. The Labute approximate surface area is 83.6 Å². The molecule has 0 radical (unpaired) electrons. The molecular formula is C11H15N3. The zero-order valence-electron chi connectivity index (χ0n) is 8.62. The Morgan fingerprint density at radius 3 is 2.86 bits per heavy atom. The Bertz CT molecular complexity index is 457. The topological polar surface area (TPSA) is 43.8 Å². The van der Waals surface area contributed by atoms with Crippen molar-refractivity contribution in [2.24, 2.45) is 5.73 Å². The number of nitrogens with zero attached hydrogens (tertiary/aromatic N) is 2. The maximum atomic E-state index is 5.57. The Morgan fingerprint density at radius 1 is 1.36 bits per heavy atom. The fraction of sp³-hybridized carbons (Fsp3) is 0.364. The first-order valence-electron chi connectivity index (χ1n) is 4.86. The molecule has 0 spiro atoms. The summed E-state index contributed by atoms with van der Waals surface area (Å²) in [7, 11) is 0. The first kappa shape index (κ1) is 9.21. The smallest absolute Gasteiger partial charge is 0.106 e. The molecule has 2 aromatic rings. The monoisotopic (exact) mass is 189 g/mol. The molecule has 74 valence electrons. The number of para-hydroxylation sites is 1. The largest absolute Gasteiger partial charge is 0.329 e. The molecule has 0 aliphatic heterocycles. The third-order valence-corrected chi connectivity index (χ3v) is 2.52. The van der Waals surface area contributed by atoms with E-state index in [0.717, 1.165) is 17.9 Å². The van der Waals surface area contributed by atoms with Crippen LogP contribution in [-0.2, 0) is 6.54 Å². The van der Waals surface area contributed by atoms with Crippen LogP contribution >= 0.6 is 0 Å². The van der Waals surface area contributed by atoms with Gasteiger partial charge in [0.2, 0.25) is 0 Å². The number of hydrogen-bond acceptors (Lipinski definition) is 2. The van der Waals surface area contributed by atoms with Crippen LogP contribution in [0.5, 0.6) is 0 Å². The third-order valence-electron chi connectivity index (χ3n) is 2.52. The van der Waals surface area contributed by atoms with E-state index in [1.807, 2.05) is 6.92 Å². The minimum Gasteiger partial charge on any atom is -0.329 e. The minimum atomic E-state index is 0.653. The second-order valence-electron chi connectivity index (χ2n) is 3.54. The Hall–Kier alpha value is -1.35. The molecule has 0 amide bonds. The Morgan fingerprint density at radius 2 is 2.14 bits per heavy atom. The number of nitrogens with two attached hydrogens (primary N) is 1. The average Bonchev–Trinajstić information content (AvgIpc) is 2.47. The Balaban J connectivity index is 2.70. The van der Waals surface area contributed by atoms with Crippen molar-refractivity contribution < 1.29 is 0 Å². The fourth-order valence-electron chi connectivity index (χ4n) is 1.81. The van der Waals surface area contributed by atoms with Gasteiger partial charge in [0.25, 0.3) is 0 Å². The van der Waals surface area contributed by atoms with Gasteiger partial charge in [-0.1, -0.05) is 12.1 Å². The maximum absolute atomic E-state index is 5.57. The van der Waals surface area contributed by atoms with Crippen LogP contribution in [0.2, 0.25) is 0 Å². The predicted molar refractivity (Wildman–Crippen MR) is 58.3 cm³/mol. The summed E-state index contributed by atoms with van der Waals surface area (Å²) < 4.78 is 2.17. The van der Waals surface area contributed by atoms with Gasteiger partial charge in [0, 0.05) is 13.1 Å². The maximum Gasteiger partial charge on any atom is 0.106 e. The van der Waals surface area contributed by atoms with Crippen LogP contribution in [0.25, 0.3) is 11.0 Å². The number of fused-ring (bicyclic) bond motifs is 1. The highest BCUT2D eigenvalue weighted by Crippen LogP contribution is 2.18. The number of hydrogen-bond donors (Lipinski definition) is 1. The molecule has 2 rings (SSSR count). The van der Waals surface area contributed by atoms with Crippen LogP contribution in [0.3, 0.4) is 0 Å². The van der Waals surface area contributed by atoms with Gasteiger partial charge in [-0.05, 0) is 25.5 Å². The molecule has 14 heavy (non-hydrogen) atoms. The molecule has 0 unspecified atom stereocenters. The molecule has 0 aliphatic rings. The van der Waals surface area contributed by atoms with Crippen molar-refractivity contribution >= 4 is 11.0 Å². The van der Waals surface area contributed by atoms with E-state index in [-0.39, 0.29) is 0 Å². The van der Waals surface area contributed by atoms with E-state index < -0.39 is 0 Å². The van der Waals surface area contributed by atoms with Crippen LogP contribution in [0.1, 0.15) is 11.4 Å². The summed E-state index contributed by atoms with van der Waals surface area (Å²) >= 11 is 0. The van der Waals surface area contributed by atoms with E-state index >= 15 is 0 Å². The van der Waals surface area contributed by atoms with E-state index in [0.29, 0.717) is 6.54 Å². The van der Waals surface area contributed by atoms with Gasteiger partial charge in [-0.2, -0.15) is 0 Å². The number of aromatic nitrogens is 2. The zero-order chi connectivity index (χ0) is 10.1. The lowest BCUT2D eigenvalue weighted by Gasteiger charge is -2.03. The van der Waals surface area contributed by atoms with Crippen LogP contribution < -0.4 is 5.73 Å². The molecule has 0 aliphatic carbocycles. The van der Waals surface area contributed by atoms with Gasteiger partial charge in [0.1, 0.15) is 5.82 Å². The highest BCUT2D eigenvalue weighted by Gasteiger charge is 2.07. The van der Waals surface area contributed by atoms with Gasteiger partial charge in [-0.3, -0.25) is 0 Å². The van der Waals surface area contributed by atoms with Crippen molar-refractivity contribution in [3.8, 4) is 0 Å². The molecule has 1 heterocycles. The summed E-state index contributed by atoms with van der Waals surface area (Å²) in [5.74, 6) is 1.04. The van der Waals surface area contributed by atoms with Crippen molar-refractivity contribution in [1.29, 1.82) is 0 Å². The lowest BCUT2D eigenvalue weighted by molar-refractivity contribution is 0.703. The molecular weight excluding hydrogens is 174 g/mol. The van der Waals surface area contributed by atoms with E-state index in [4.69, 9.17) is 5.73 Å². The van der Waals surface area contributed by atoms with Crippen molar-refractivity contribution in [3.05, 3.63) is 29.6 Å². The summed E-state index contributed by atoms with van der Waals surface area (Å²) in [6.45, 7) is 5.60. The summed E-state index contributed by atoms with van der Waals surface area (Å²) in [6, 6.07) is 6.24. The van der Waals surface area contributed by atoms with Crippen LogP contribution in [-0.4, -0.2) is 16.1 Å². The minimum absolute atomic E-state index is 0.653. The SMILES string of the molecule is Cc1cccc2c1nc(C)n2CCN. The first-order chi connectivity index (χ1) is 6.74. The quantitative estimate of drug-likeness (QED) is 0.780. The molecule has 0 bridgehead atoms. The van der Waals surface area contributed by atoms with E-state index in [9.17, 15) is 0 Å². The lowest BCUT2D eigenvalue weighted by atomic mass is 10.2. The summed E-state index contributed by atoms with van der Waals surface area (Å²) in [6.07, 6.45) is 0. The standard InChI is InChI=1S/C11H15N3/c1-8-4-3-5-10-11(8)13-9(2)14(10)7-6-12/h3-5H,6-7,12H2,1-2H3. The molecule has 3 heteroatoms. The first-order valence-corrected chi connectivity index (χ1v) is 4.86. The van der Waals surface area contributed by atoms with Crippen LogP contribution in [0.15, 0.2) is 18.2 Å². The molecule has 0 saturated carbocycles. The highest BCUT2D eigenvalue weighted by atomic mass is 15.1. The van der Waals surface area contributed by atoms with Crippen molar-refractivity contribution in [2.45, 2.75) is 20.4 Å². The van der Waals surface area contributed by atoms with Crippen molar-refractivity contribution in [2.75, 3.05) is 6.54 Å². The molecule has 2 N–H and O–H groups in total. The second kappa shape index (κ2) is 3.42. The molecule has 0 fully saturated rings. The van der Waals surface area contributed by atoms with Gasteiger partial charge in [-0.25, -0.2) is 4.98 Å². The van der Waals surface area contributed by atoms with Crippen LogP contribution in [0, 0.1) is 13.8 Å². The second-order valence-corrected chi connectivity index (χ2v) is 3.54. The van der Waals surface area contributed by atoms with Gasteiger partial charge < -0.3 is 10.3 Å². The summed E-state index contributed by atoms with van der Waals surface area (Å²) in [5, 5.41) is 0. The molecule has 1 aromatic carbocycles. The van der Waals surface area contributed by atoms with Gasteiger partial charge in [-0.15, -0.1) is 0 Å². The highest BCUT2D eigenvalue weighted by molar-refractivity contribution is 5.79. The predicted octanol–water partition coefficient (Wildman–Crippen LogP) is 1.61. The average molecular weight is 189 g/mol. The van der Waals surface area contributed by atoms with Crippen molar-refractivity contribution in [3.63, 3.8) is 0 Å². The van der Waals surface area contributed by atoms with Gasteiger partial charge in [0.05, 0.1) is 11.0 Å². The van der Waals surface area contributed by atoms with Gasteiger partial charge >= 0.3 is 0 Å². The van der Waals surface area contributed by atoms with Gasteiger partial charge in [0.15, 0.2) is 0 Å². The molecule has 0 saturated heterocycles. The number of imidazole rings is 1. The summed E-state index contributed by atoms with van der Waals surface area (Å²) in [5.41, 5.74) is 9.08. The number of rotatable bonds is 2. The van der Waals surface area contributed by atoms with Crippen molar-refractivity contribution in [1.82, 2.24) is 9.55 Å². The molecule has 3 nitrogen and oxygen atoms in total. The van der Waals surface area contributed by atoms with E-state index in [1.165, 1.54) is 11.1 Å².